The molecule has 17 heavy (non-hydrogen) atoms. The van der Waals surface area contributed by atoms with Gasteiger partial charge >= 0.3 is 0 Å². The third kappa shape index (κ3) is 2.61. The minimum Gasteiger partial charge on any atom is -0.366 e. The number of hydrogen-bond acceptors (Lipinski definition) is 4. The van der Waals surface area contributed by atoms with E-state index in [0.29, 0.717) is 5.69 Å². The number of anilines is 1. The Hall–Kier alpha value is -1.49. The average molecular weight is 237 g/mol. The van der Waals surface area contributed by atoms with Gasteiger partial charge in [-0.2, -0.15) is 0 Å². The standard InChI is InChI=1S/C12H16FN3O/c1-10-3-2-4-11(13)12(10)16-7-5-15(6-8-16)9-14-17/h2-4H,5-9H2,1H3. The van der Waals surface area contributed by atoms with Crippen molar-refractivity contribution in [3.8, 4) is 0 Å². The summed E-state index contributed by atoms with van der Waals surface area (Å²) in [7, 11) is 0. The van der Waals surface area contributed by atoms with Crippen LogP contribution in [-0.2, 0) is 0 Å². The normalized spacial score (nSPS) is 17.2. The Morgan fingerprint density at radius 2 is 2.00 bits per heavy atom. The number of halogens is 1. The van der Waals surface area contributed by atoms with Crippen LogP contribution in [0.5, 0.6) is 0 Å². The summed E-state index contributed by atoms with van der Waals surface area (Å²) >= 11 is 0. The molecule has 0 atom stereocenters. The van der Waals surface area contributed by atoms with Crippen LogP contribution in [0.1, 0.15) is 5.56 Å². The second-order valence-electron chi connectivity index (χ2n) is 4.28. The molecular formula is C12H16FN3O. The van der Waals surface area contributed by atoms with Crippen LogP contribution in [0.4, 0.5) is 10.1 Å². The number of nitrogens with zero attached hydrogens (tertiary/aromatic N) is 3. The molecule has 0 unspecified atom stereocenters. The van der Waals surface area contributed by atoms with Gasteiger partial charge in [0.2, 0.25) is 0 Å². The molecule has 0 N–H and O–H groups in total. The summed E-state index contributed by atoms with van der Waals surface area (Å²) in [5.41, 5.74) is 1.64. The van der Waals surface area contributed by atoms with Crippen LogP contribution < -0.4 is 4.90 Å². The van der Waals surface area contributed by atoms with E-state index in [-0.39, 0.29) is 12.5 Å². The van der Waals surface area contributed by atoms with Crippen molar-refractivity contribution in [2.75, 3.05) is 37.7 Å². The topological polar surface area (TPSA) is 35.9 Å². The van der Waals surface area contributed by atoms with Crippen LogP contribution >= 0.6 is 0 Å². The van der Waals surface area contributed by atoms with Gasteiger partial charge in [-0.25, -0.2) is 4.39 Å². The molecule has 1 aliphatic rings. The van der Waals surface area contributed by atoms with E-state index in [2.05, 4.69) is 5.18 Å². The second-order valence-corrected chi connectivity index (χ2v) is 4.28. The Morgan fingerprint density at radius 3 is 2.59 bits per heavy atom. The first-order valence-corrected chi connectivity index (χ1v) is 5.74. The van der Waals surface area contributed by atoms with E-state index < -0.39 is 0 Å². The maximum absolute atomic E-state index is 13.8. The van der Waals surface area contributed by atoms with Gasteiger partial charge in [0.1, 0.15) is 12.5 Å². The highest BCUT2D eigenvalue weighted by molar-refractivity contribution is 5.54. The lowest BCUT2D eigenvalue weighted by molar-refractivity contribution is 0.264. The highest BCUT2D eigenvalue weighted by Gasteiger charge is 2.20. The van der Waals surface area contributed by atoms with Gasteiger partial charge in [-0.15, -0.1) is 4.91 Å². The Morgan fingerprint density at radius 1 is 1.29 bits per heavy atom. The lowest BCUT2D eigenvalue weighted by Crippen LogP contribution is -2.46. The summed E-state index contributed by atoms with van der Waals surface area (Å²) in [6, 6.07) is 5.13. The minimum absolute atomic E-state index is 0.174. The fourth-order valence-electron chi connectivity index (χ4n) is 2.22. The first kappa shape index (κ1) is 12.0. The van der Waals surface area contributed by atoms with Crippen molar-refractivity contribution in [1.82, 2.24) is 4.90 Å². The van der Waals surface area contributed by atoms with Crippen molar-refractivity contribution in [2.45, 2.75) is 6.92 Å². The zero-order valence-corrected chi connectivity index (χ0v) is 9.90. The molecule has 0 saturated carbocycles. The predicted octanol–water partition coefficient (Wildman–Crippen LogP) is 1.98. The number of benzene rings is 1. The maximum atomic E-state index is 13.8. The number of piperazine rings is 1. The van der Waals surface area contributed by atoms with Crippen LogP contribution in [0, 0.1) is 17.6 Å². The zero-order chi connectivity index (χ0) is 12.3. The second kappa shape index (κ2) is 5.23. The number of aryl methyl sites for hydroxylation is 1. The van der Waals surface area contributed by atoms with Crippen molar-refractivity contribution >= 4 is 5.69 Å². The first-order valence-electron chi connectivity index (χ1n) is 5.74. The number of rotatable bonds is 3. The third-order valence-electron chi connectivity index (χ3n) is 3.13. The van der Waals surface area contributed by atoms with Crippen LogP contribution in [0.15, 0.2) is 23.4 Å². The summed E-state index contributed by atoms with van der Waals surface area (Å²) in [4.78, 5) is 14.2. The van der Waals surface area contributed by atoms with Gasteiger partial charge in [0.05, 0.1) is 5.69 Å². The van der Waals surface area contributed by atoms with Gasteiger partial charge in [-0.3, -0.25) is 4.90 Å². The molecule has 0 amide bonds. The number of para-hydroxylation sites is 1. The predicted molar refractivity (Wildman–Crippen MR) is 65.6 cm³/mol. The number of hydrogen-bond donors (Lipinski definition) is 0. The lowest BCUT2D eigenvalue weighted by atomic mass is 10.1. The van der Waals surface area contributed by atoms with Crippen molar-refractivity contribution in [3.05, 3.63) is 34.5 Å². The molecule has 1 aliphatic heterocycles. The molecule has 0 bridgehead atoms. The molecule has 1 saturated heterocycles. The Kier molecular flexibility index (Phi) is 3.68. The molecule has 4 nitrogen and oxygen atoms in total. The Labute approximate surface area is 100.0 Å². The smallest absolute Gasteiger partial charge is 0.146 e. The monoisotopic (exact) mass is 237 g/mol. The van der Waals surface area contributed by atoms with E-state index >= 15 is 0 Å². The van der Waals surface area contributed by atoms with E-state index in [1.54, 1.807) is 6.07 Å². The fraction of sp³-hybridized carbons (Fsp3) is 0.500. The third-order valence-corrected chi connectivity index (χ3v) is 3.13. The largest absolute Gasteiger partial charge is 0.366 e. The van der Waals surface area contributed by atoms with E-state index in [9.17, 15) is 9.30 Å². The summed E-state index contributed by atoms with van der Waals surface area (Å²) in [5.74, 6) is -0.174. The van der Waals surface area contributed by atoms with Gasteiger partial charge in [0, 0.05) is 26.2 Å². The first-order chi connectivity index (χ1) is 8.22. The van der Waals surface area contributed by atoms with Crippen LogP contribution in [0.3, 0.4) is 0 Å². The van der Waals surface area contributed by atoms with E-state index in [1.165, 1.54) is 6.07 Å². The Balaban J connectivity index is 2.08. The van der Waals surface area contributed by atoms with Crippen molar-refractivity contribution in [2.24, 2.45) is 5.18 Å². The lowest BCUT2D eigenvalue weighted by Gasteiger charge is -2.35. The molecule has 1 fully saturated rings. The van der Waals surface area contributed by atoms with Gasteiger partial charge in [-0.05, 0) is 18.6 Å². The zero-order valence-electron chi connectivity index (χ0n) is 9.90. The highest BCUT2D eigenvalue weighted by Crippen LogP contribution is 2.24. The Bertz CT molecular complexity index is 382. The van der Waals surface area contributed by atoms with E-state index in [0.717, 1.165) is 31.7 Å². The number of nitroso groups, excluding NO2 is 1. The van der Waals surface area contributed by atoms with Crippen molar-refractivity contribution in [1.29, 1.82) is 0 Å². The molecule has 2 rings (SSSR count). The van der Waals surface area contributed by atoms with Crippen LogP contribution in [-0.4, -0.2) is 37.7 Å². The fourth-order valence-corrected chi connectivity index (χ4v) is 2.22. The summed E-state index contributed by atoms with van der Waals surface area (Å²) in [6.45, 7) is 5.11. The molecule has 1 aromatic rings. The van der Waals surface area contributed by atoms with Gasteiger partial charge in [0.15, 0.2) is 0 Å². The molecule has 0 spiro atoms. The van der Waals surface area contributed by atoms with Gasteiger partial charge in [0.25, 0.3) is 0 Å². The minimum atomic E-state index is -0.174. The van der Waals surface area contributed by atoms with Gasteiger partial charge in [-0.1, -0.05) is 17.3 Å². The molecule has 5 heteroatoms. The van der Waals surface area contributed by atoms with Crippen LogP contribution in [0.25, 0.3) is 0 Å². The SMILES string of the molecule is Cc1cccc(F)c1N1CCN(CN=O)CC1. The molecule has 0 aliphatic carbocycles. The molecule has 1 aromatic carbocycles. The molecule has 92 valence electrons. The highest BCUT2D eigenvalue weighted by atomic mass is 19.1. The summed E-state index contributed by atoms with van der Waals surface area (Å²) in [5, 5.41) is 2.88. The average Bonchev–Trinajstić information content (AvgIpc) is 2.31. The molecular weight excluding hydrogens is 221 g/mol. The summed E-state index contributed by atoms with van der Waals surface area (Å²) in [6.07, 6.45) is 0. The van der Waals surface area contributed by atoms with Crippen LogP contribution in [0.2, 0.25) is 0 Å². The molecule has 0 aromatic heterocycles. The van der Waals surface area contributed by atoms with E-state index in [1.807, 2.05) is 22.8 Å². The van der Waals surface area contributed by atoms with Crippen molar-refractivity contribution in [3.63, 3.8) is 0 Å². The van der Waals surface area contributed by atoms with E-state index in [4.69, 9.17) is 0 Å². The molecule has 0 radical (unpaired) electrons. The maximum Gasteiger partial charge on any atom is 0.146 e. The quantitative estimate of drug-likeness (QED) is 0.754. The summed E-state index contributed by atoms with van der Waals surface area (Å²) < 4.78 is 13.8. The van der Waals surface area contributed by atoms with Gasteiger partial charge < -0.3 is 4.90 Å². The molecule has 1 heterocycles. The van der Waals surface area contributed by atoms with Crippen molar-refractivity contribution < 1.29 is 4.39 Å².